The van der Waals surface area contributed by atoms with Crippen LogP contribution < -0.4 is 0 Å². The topological polar surface area (TPSA) is 57.6 Å². The molecule has 2 amide bonds. The van der Waals surface area contributed by atoms with Crippen molar-refractivity contribution >= 4 is 11.8 Å². The van der Waals surface area contributed by atoms with Crippen LogP contribution in [-0.2, 0) is 16.1 Å². The Labute approximate surface area is 118 Å². The maximum Gasteiger partial charge on any atom is 0.233 e. The molecule has 2 rings (SSSR count). The van der Waals surface area contributed by atoms with E-state index in [4.69, 9.17) is 5.11 Å². The number of likely N-dealkylation sites (tertiary alicyclic amines) is 1. The minimum absolute atomic E-state index is 0.116. The van der Waals surface area contributed by atoms with Gasteiger partial charge in [0.2, 0.25) is 11.8 Å². The Morgan fingerprint density at radius 3 is 2.45 bits per heavy atom. The van der Waals surface area contributed by atoms with Crippen molar-refractivity contribution < 1.29 is 14.7 Å². The maximum absolute atomic E-state index is 12.0. The molecule has 0 radical (unpaired) electrons. The number of carbonyl (C=O) groups is 2. The average molecular weight is 271 g/mol. The Morgan fingerprint density at radius 1 is 1.20 bits per heavy atom. The minimum Gasteiger partial charge on any atom is -0.384 e. The van der Waals surface area contributed by atoms with Crippen molar-refractivity contribution in [1.29, 1.82) is 0 Å². The average Bonchev–Trinajstić information content (AvgIpc) is 2.63. The fourth-order valence-corrected chi connectivity index (χ4v) is 2.26. The van der Waals surface area contributed by atoms with Gasteiger partial charge < -0.3 is 5.11 Å². The summed E-state index contributed by atoms with van der Waals surface area (Å²) in [7, 11) is 0. The summed E-state index contributed by atoms with van der Waals surface area (Å²) in [5, 5.41) is 8.68. The number of amides is 2. The predicted molar refractivity (Wildman–Crippen MR) is 74.3 cm³/mol. The molecule has 104 valence electrons. The molecule has 0 aromatic heterocycles. The lowest BCUT2D eigenvalue weighted by Gasteiger charge is -2.14. The SMILES string of the molecule is CC1C(=O)N(Cc2cccc(C#CCO)c2)C(=O)C1C. The van der Waals surface area contributed by atoms with Crippen molar-refractivity contribution in [3.8, 4) is 11.8 Å². The Kier molecular flexibility index (Phi) is 4.21. The van der Waals surface area contributed by atoms with E-state index in [1.54, 1.807) is 13.8 Å². The number of rotatable bonds is 2. The Morgan fingerprint density at radius 2 is 1.85 bits per heavy atom. The monoisotopic (exact) mass is 271 g/mol. The molecular formula is C16H17NO3. The third-order valence-corrected chi connectivity index (χ3v) is 3.64. The first-order valence-corrected chi connectivity index (χ1v) is 6.58. The second-order valence-electron chi connectivity index (χ2n) is 5.00. The number of nitrogens with zero attached hydrogens (tertiary/aromatic N) is 1. The third kappa shape index (κ3) is 2.73. The number of benzene rings is 1. The fraction of sp³-hybridized carbons (Fsp3) is 0.375. The molecule has 1 fully saturated rings. The first-order chi connectivity index (χ1) is 9.54. The van der Waals surface area contributed by atoms with Gasteiger partial charge in [0.1, 0.15) is 6.61 Å². The summed E-state index contributed by atoms with van der Waals surface area (Å²) in [5.41, 5.74) is 1.62. The van der Waals surface area contributed by atoms with Gasteiger partial charge in [0.15, 0.2) is 0 Å². The summed E-state index contributed by atoms with van der Waals surface area (Å²) in [6.07, 6.45) is 0. The minimum atomic E-state index is -0.250. The number of hydrogen-bond donors (Lipinski definition) is 1. The van der Waals surface area contributed by atoms with Crippen LogP contribution in [0, 0.1) is 23.7 Å². The molecule has 4 nitrogen and oxygen atoms in total. The number of aliphatic hydroxyl groups is 1. The number of imide groups is 1. The zero-order chi connectivity index (χ0) is 14.7. The lowest BCUT2D eigenvalue weighted by atomic mass is 10.00. The normalized spacial score (nSPS) is 21.9. The standard InChI is InChI=1S/C16H17NO3/c1-11-12(2)16(20)17(15(11)19)10-14-6-3-5-13(9-14)7-4-8-18/h3,5-6,9,11-12,18H,8,10H2,1-2H3. The molecule has 1 saturated heterocycles. The highest BCUT2D eigenvalue weighted by Gasteiger charge is 2.41. The van der Waals surface area contributed by atoms with Crippen molar-refractivity contribution in [3.63, 3.8) is 0 Å². The molecule has 2 atom stereocenters. The molecule has 0 aliphatic carbocycles. The van der Waals surface area contributed by atoms with Crippen molar-refractivity contribution in [2.75, 3.05) is 6.61 Å². The summed E-state index contributed by atoms with van der Waals surface area (Å²) >= 11 is 0. The van der Waals surface area contributed by atoms with E-state index in [0.29, 0.717) is 0 Å². The molecule has 1 aromatic carbocycles. The van der Waals surface area contributed by atoms with Crippen LogP contribution in [0.1, 0.15) is 25.0 Å². The number of hydrogen-bond acceptors (Lipinski definition) is 3. The summed E-state index contributed by atoms with van der Waals surface area (Å²) in [5.74, 6) is 4.65. The molecule has 1 aliphatic rings. The van der Waals surface area contributed by atoms with E-state index in [9.17, 15) is 9.59 Å². The van der Waals surface area contributed by atoms with E-state index in [1.807, 2.05) is 24.3 Å². The van der Waals surface area contributed by atoms with Gasteiger partial charge in [0.25, 0.3) is 0 Å². The second-order valence-corrected chi connectivity index (χ2v) is 5.00. The summed E-state index contributed by atoms with van der Waals surface area (Å²) in [6.45, 7) is 3.66. The highest BCUT2D eigenvalue weighted by atomic mass is 16.2. The van der Waals surface area contributed by atoms with E-state index in [-0.39, 0.29) is 36.8 Å². The molecule has 0 saturated carbocycles. The quantitative estimate of drug-likeness (QED) is 0.649. The van der Waals surface area contributed by atoms with Crippen LogP contribution in [0.15, 0.2) is 24.3 Å². The van der Waals surface area contributed by atoms with Crippen LogP contribution in [0.3, 0.4) is 0 Å². The molecule has 4 heteroatoms. The molecule has 1 aromatic rings. The highest BCUT2D eigenvalue weighted by molar-refractivity contribution is 6.04. The molecule has 0 spiro atoms. The van der Waals surface area contributed by atoms with Crippen LogP contribution in [0.2, 0.25) is 0 Å². The largest absolute Gasteiger partial charge is 0.384 e. The Bertz CT molecular complexity index is 577. The van der Waals surface area contributed by atoms with Crippen LogP contribution in [0.25, 0.3) is 0 Å². The number of carbonyl (C=O) groups excluding carboxylic acids is 2. The Balaban J connectivity index is 2.18. The van der Waals surface area contributed by atoms with Crippen LogP contribution in [-0.4, -0.2) is 28.4 Å². The predicted octanol–water partition coefficient (Wildman–Crippen LogP) is 1.17. The van der Waals surface area contributed by atoms with Crippen molar-refractivity contribution in [2.24, 2.45) is 11.8 Å². The third-order valence-electron chi connectivity index (χ3n) is 3.64. The molecule has 0 bridgehead atoms. The first kappa shape index (κ1) is 14.3. The second kappa shape index (κ2) is 5.89. The molecule has 20 heavy (non-hydrogen) atoms. The summed E-state index contributed by atoms with van der Waals surface area (Å²) in [6, 6.07) is 7.34. The highest BCUT2D eigenvalue weighted by Crippen LogP contribution is 2.26. The van der Waals surface area contributed by atoms with Gasteiger partial charge in [0.05, 0.1) is 6.54 Å². The van der Waals surface area contributed by atoms with Gasteiger partial charge in [-0.3, -0.25) is 14.5 Å². The summed E-state index contributed by atoms with van der Waals surface area (Å²) in [4.78, 5) is 25.4. The van der Waals surface area contributed by atoms with Gasteiger partial charge in [-0.15, -0.1) is 0 Å². The maximum atomic E-state index is 12.0. The molecular weight excluding hydrogens is 254 g/mol. The molecule has 1 N–H and O–H groups in total. The van der Waals surface area contributed by atoms with Gasteiger partial charge in [-0.2, -0.15) is 0 Å². The van der Waals surface area contributed by atoms with Gasteiger partial charge in [0, 0.05) is 17.4 Å². The zero-order valence-electron chi connectivity index (χ0n) is 11.6. The fourth-order valence-electron chi connectivity index (χ4n) is 2.26. The lowest BCUT2D eigenvalue weighted by molar-refractivity contribution is -0.140. The number of aliphatic hydroxyl groups excluding tert-OH is 1. The molecule has 2 unspecified atom stereocenters. The van der Waals surface area contributed by atoms with Gasteiger partial charge in [-0.25, -0.2) is 0 Å². The van der Waals surface area contributed by atoms with Gasteiger partial charge in [-0.05, 0) is 17.7 Å². The smallest absolute Gasteiger partial charge is 0.233 e. The van der Waals surface area contributed by atoms with E-state index in [0.717, 1.165) is 11.1 Å². The van der Waals surface area contributed by atoms with Gasteiger partial charge >= 0.3 is 0 Å². The first-order valence-electron chi connectivity index (χ1n) is 6.58. The molecule has 1 aliphatic heterocycles. The van der Waals surface area contributed by atoms with E-state index in [2.05, 4.69) is 11.8 Å². The van der Waals surface area contributed by atoms with Crippen molar-refractivity contribution in [1.82, 2.24) is 4.90 Å². The van der Waals surface area contributed by atoms with E-state index < -0.39 is 0 Å². The summed E-state index contributed by atoms with van der Waals surface area (Å²) < 4.78 is 0. The van der Waals surface area contributed by atoms with Crippen molar-refractivity contribution in [2.45, 2.75) is 20.4 Å². The van der Waals surface area contributed by atoms with E-state index >= 15 is 0 Å². The van der Waals surface area contributed by atoms with Crippen molar-refractivity contribution in [3.05, 3.63) is 35.4 Å². The van der Waals surface area contributed by atoms with E-state index in [1.165, 1.54) is 4.90 Å². The lowest BCUT2D eigenvalue weighted by Crippen LogP contribution is -2.30. The van der Waals surface area contributed by atoms with Crippen LogP contribution in [0.4, 0.5) is 0 Å². The van der Waals surface area contributed by atoms with Gasteiger partial charge in [-0.1, -0.05) is 37.8 Å². The zero-order valence-corrected chi connectivity index (χ0v) is 11.6. The van der Waals surface area contributed by atoms with Crippen LogP contribution in [0.5, 0.6) is 0 Å². The Hall–Kier alpha value is -2.12. The van der Waals surface area contributed by atoms with Crippen LogP contribution >= 0.6 is 0 Å². The molecule has 1 heterocycles.